The van der Waals surface area contributed by atoms with Gasteiger partial charge in [-0.25, -0.2) is 4.98 Å². The molecule has 0 radical (unpaired) electrons. The second kappa shape index (κ2) is 3.88. The molecule has 0 saturated carbocycles. The maximum absolute atomic E-state index is 5.52. The van der Waals surface area contributed by atoms with Gasteiger partial charge < -0.3 is 4.74 Å². The quantitative estimate of drug-likeness (QED) is 0.560. The first-order valence-electron chi connectivity index (χ1n) is 2.85. The molecule has 0 atom stereocenters. The lowest BCUT2D eigenvalue weighted by atomic mass is 10.5. The van der Waals surface area contributed by atoms with E-state index in [0.717, 1.165) is 0 Å². The molecule has 66 valence electrons. The highest BCUT2D eigenvalue weighted by Crippen LogP contribution is 2.29. The van der Waals surface area contributed by atoms with E-state index in [-0.39, 0.29) is 0 Å². The minimum Gasteiger partial charge on any atom is -0.444 e. The number of halogens is 4. The first-order valence-corrected chi connectivity index (χ1v) is 4.36. The van der Waals surface area contributed by atoms with Crippen molar-refractivity contribution in [1.82, 2.24) is 4.98 Å². The number of hydrogen-bond donors (Lipinski definition) is 0. The zero-order valence-electron chi connectivity index (χ0n) is 5.60. The number of aromatic nitrogens is 1. The number of rotatable bonds is 1. The van der Waals surface area contributed by atoms with Gasteiger partial charge in [0.15, 0.2) is 0 Å². The smallest absolute Gasteiger partial charge is 0.338 e. The molecule has 0 saturated heterocycles. The predicted molar refractivity (Wildman–Crippen MR) is 50.2 cm³/mol. The molecule has 0 aliphatic carbocycles. The summed E-state index contributed by atoms with van der Waals surface area (Å²) in [5.74, 6) is 0.347. The lowest BCUT2D eigenvalue weighted by Gasteiger charge is -2.12. The van der Waals surface area contributed by atoms with Crippen molar-refractivity contribution in [2.75, 3.05) is 0 Å². The Hall–Kier alpha value is 0.110. The van der Waals surface area contributed by atoms with Crippen molar-refractivity contribution in [2.24, 2.45) is 0 Å². The number of nitrogens with zero attached hydrogens (tertiary/aromatic N) is 1. The predicted octanol–water partition coefficient (Wildman–Crippen LogP) is 3.44. The molecule has 0 unspecified atom stereocenters. The Morgan fingerprint density at radius 1 is 1.25 bits per heavy atom. The lowest BCUT2D eigenvalue weighted by molar-refractivity contribution is 0.319. The molecule has 1 rings (SSSR count). The maximum atomic E-state index is 5.52. The van der Waals surface area contributed by atoms with Crippen LogP contribution in [-0.4, -0.2) is 8.96 Å². The Morgan fingerprint density at radius 2 is 1.92 bits per heavy atom. The lowest BCUT2D eigenvalue weighted by Crippen LogP contribution is -2.12. The molecule has 0 spiro atoms. The third-order valence-electron chi connectivity index (χ3n) is 0.934. The molecule has 12 heavy (non-hydrogen) atoms. The molecule has 0 amide bonds. The Kier molecular flexibility index (Phi) is 3.29. The van der Waals surface area contributed by atoms with Crippen molar-refractivity contribution >= 4 is 46.4 Å². The molecule has 2 nitrogen and oxygen atoms in total. The van der Waals surface area contributed by atoms with Crippen LogP contribution in [0.3, 0.4) is 0 Å². The minimum absolute atomic E-state index is 0.347. The third kappa shape index (κ3) is 3.68. The van der Waals surface area contributed by atoms with E-state index >= 15 is 0 Å². The first kappa shape index (κ1) is 10.2. The van der Waals surface area contributed by atoms with Gasteiger partial charge in [-0.2, -0.15) is 0 Å². The van der Waals surface area contributed by atoms with E-state index in [1.54, 1.807) is 6.07 Å². The largest absolute Gasteiger partial charge is 0.444 e. The highest BCUT2D eigenvalue weighted by Gasteiger charge is 2.21. The molecule has 0 aliphatic rings. The van der Waals surface area contributed by atoms with Crippen molar-refractivity contribution in [3.63, 3.8) is 0 Å². The van der Waals surface area contributed by atoms with Crippen LogP contribution in [-0.2, 0) is 0 Å². The minimum atomic E-state index is -1.77. The van der Waals surface area contributed by atoms with Crippen LogP contribution < -0.4 is 4.74 Å². The summed E-state index contributed by atoms with van der Waals surface area (Å²) < 4.78 is 3.06. The fourth-order valence-corrected chi connectivity index (χ4v) is 0.935. The van der Waals surface area contributed by atoms with Crippen LogP contribution in [0.2, 0.25) is 5.15 Å². The van der Waals surface area contributed by atoms with E-state index in [1.807, 2.05) is 0 Å². The highest BCUT2D eigenvalue weighted by atomic mass is 35.6. The number of pyridine rings is 1. The third-order valence-corrected chi connectivity index (χ3v) is 1.39. The summed E-state index contributed by atoms with van der Waals surface area (Å²) in [6, 6.07) is 3.09. The maximum Gasteiger partial charge on any atom is 0.338 e. The number of hydrogen-bond acceptors (Lipinski definition) is 2. The number of ether oxygens (including phenoxy) is 1. The van der Waals surface area contributed by atoms with Gasteiger partial charge in [-0.3, -0.25) is 0 Å². The molecule has 0 aliphatic heterocycles. The van der Waals surface area contributed by atoms with Gasteiger partial charge in [0.25, 0.3) is 0 Å². The van der Waals surface area contributed by atoms with Gasteiger partial charge in [-0.1, -0.05) is 11.6 Å². The van der Waals surface area contributed by atoms with Crippen LogP contribution >= 0.6 is 46.4 Å². The van der Waals surface area contributed by atoms with E-state index in [0.29, 0.717) is 10.9 Å². The molecule has 1 heterocycles. The number of alkyl halides is 3. The van der Waals surface area contributed by atoms with E-state index in [1.165, 1.54) is 12.3 Å². The van der Waals surface area contributed by atoms with Gasteiger partial charge in [0, 0.05) is 0 Å². The Labute approximate surface area is 89.3 Å². The zero-order valence-corrected chi connectivity index (χ0v) is 8.62. The average Bonchev–Trinajstić information content (AvgIpc) is 1.91. The van der Waals surface area contributed by atoms with Gasteiger partial charge in [-0.05, 0) is 46.9 Å². The fourth-order valence-electron chi connectivity index (χ4n) is 0.556. The van der Waals surface area contributed by atoms with Crippen LogP contribution in [0, 0.1) is 0 Å². The molecule has 6 heteroatoms. The molecule has 0 fully saturated rings. The molecule has 0 bridgehead atoms. The summed E-state index contributed by atoms with van der Waals surface area (Å²) in [6.45, 7) is 0. The summed E-state index contributed by atoms with van der Waals surface area (Å²) in [6.07, 6.45) is 1.37. The van der Waals surface area contributed by atoms with Crippen molar-refractivity contribution in [2.45, 2.75) is 3.98 Å². The van der Waals surface area contributed by atoms with E-state index in [9.17, 15) is 0 Å². The van der Waals surface area contributed by atoms with Crippen molar-refractivity contribution in [3.8, 4) is 5.75 Å². The van der Waals surface area contributed by atoms with Crippen LogP contribution in [0.5, 0.6) is 5.75 Å². The average molecular weight is 247 g/mol. The Morgan fingerprint density at radius 3 is 2.33 bits per heavy atom. The van der Waals surface area contributed by atoms with Gasteiger partial charge in [0.05, 0.1) is 6.20 Å². The van der Waals surface area contributed by atoms with Crippen LogP contribution in [0.1, 0.15) is 0 Å². The van der Waals surface area contributed by atoms with E-state index in [2.05, 4.69) is 4.98 Å². The fraction of sp³-hybridized carbons (Fsp3) is 0.167. The summed E-state index contributed by atoms with van der Waals surface area (Å²) >= 11 is 21.6. The standard InChI is InChI=1S/C6H3Cl4NO/c7-5-2-1-4(3-11-5)12-6(8,9)10/h1-3H. The van der Waals surface area contributed by atoms with Crippen molar-refractivity contribution in [3.05, 3.63) is 23.5 Å². The summed E-state index contributed by atoms with van der Waals surface area (Å²) in [4.78, 5) is 3.73. The molecule has 1 aromatic rings. The zero-order chi connectivity index (χ0) is 9.19. The SMILES string of the molecule is Clc1ccc(OC(Cl)(Cl)Cl)cn1. The summed E-state index contributed by atoms with van der Waals surface area (Å²) in [7, 11) is 0. The molecular weight excluding hydrogens is 244 g/mol. The van der Waals surface area contributed by atoms with E-state index in [4.69, 9.17) is 51.1 Å². The van der Waals surface area contributed by atoms with Gasteiger partial charge in [-0.15, -0.1) is 0 Å². The van der Waals surface area contributed by atoms with Gasteiger partial charge >= 0.3 is 3.98 Å². The topological polar surface area (TPSA) is 22.1 Å². The first-order chi connectivity index (χ1) is 5.47. The highest BCUT2D eigenvalue weighted by molar-refractivity contribution is 6.66. The van der Waals surface area contributed by atoms with Crippen LogP contribution in [0.15, 0.2) is 18.3 Å². The Balaban J connectivity index is 2.71. The second-order valence-electron chi connectivity index (χ2n) is 1.86. The monoisotopic (exact) mass is 245 g/mol. The van der Waals surface area contributed by atoms with E-state index < -0.39 is 3.98 Å². The van der Waals surface area contributed by atoms with Gasteiger partial charge in [0.2, 0.25) is 0 Å². The van der Waals surface area contributed by atoms with Crippen LogP contribution in [0.4, 0.5) is 0 Å². The van der Waals surface area contributed by atoms with Gasteiger partial charge in [0.1, 0.15) is 10.9 Å². The Bertz CT molecular complexity index is 255. The van der Waals surface area contributed by atoms with Crippen molar-refractivity contribution in [1.29, 1.82) is 0 Å². The molecular formula is C6H3Cl4NO. The summed E-state index contributed by atoms with van der Waals surface area (Å²) in [5, 5.41) is 0.353. The van der Waals surface area contributed by atoms with Crippen molar-refractivity contribution < 1.29 is 4.74 Å². The normalized spacial score (nSPS) is 11.3. The summed E-state index contributed by atoms with van der Waals surface area (Å²) in [5.41, 5.74) is 0. The molecule has 1 aromatic heterocycles. The second-order valence-corrected chi connectivity index (χ2v) is 4.43. The molecule has 0 N–H and O–H groups in total. The molecule has 0 aromatic carbocycles. The van der Waals surface area contributed by atoms with Crippen LogP contribution in [0.25, 0.3) is 0 Å².